The Kier molecular flexibility index (Phi) is 4.75. The predicted molar refractivity (Wildman–Crippen MR) is 78.7 cm³/mol. The van der Waals surface area contributed by atoms with Crippen LogP contribution in [0.15, 0.2) is 0 Å². The van der Waals surface area contributed by atoms with E-state index in [1.54, 1.807) is 0 Å². The highest BCUT2D eigenvalue weighted by Crippen LogP contribution is 2.30. The van der Waals surface area contributed by atoms with Gasteiger partial charge in [0.15, 0.2) is 16.6 Å². The number of nitrogens with zero attached hydrogens (tertiary/aromatic N) is 2. The van der Waals surface area contributed by atoms with Gasteiger partial charge in [-0.05, 0) is 18.8 Å². The summed E-state index contributed by atoms with van der Waals surface area (Å²) < 4.78 is 4.69. The molecule has 0 aliphatic heterocycles. The average molecular weight is 296 g/mol. The van der Waals surface area contributed by atoms with Gasteiger partial charge in [0.05, 0.1) is 7.11 Å². The maximum atomic E-state index is 11.7. The van der Waals surface area contributed by atoms with Gasteiger partial charge < -0.3 is 9.64 Å². The van der Waals surface area contributed by atoms with Gasteiger partial charge in [-0.2, -0.15) is 0 Å². The number of esters is 1. The fraction of sp³-hybridized carbons (Fsp3) is 0.643. The minimum absolute atomic E-state index is 0.137. The molecule has 5 nitrogen and oxygen atoms in total. The molecule has 2 rings (SSSR count). The first-order valence-electron chi connectivity index (χ1n) is 6.84. The van der Waals surface area contributed by atoms with Crippen molar-refractivity contribution in [3.8, 4) is 0 Å². The SMILES string of the molecule is COC(=O)c1nc(N(C)CC2CCCC2)sc1C(C)=O. The van der Waals surface area contributed by atoms with Crippen LogP contribution in [0, 0.1) is 5.92 Å². The second-order valence-electron chi connectivity index (χ2n) is 5.25. The van der Waals surface area contributed by atoms with Gasteiger partial charge >= 0.3 is 5.97 Å². The molecule has 1 heterocycles. The van der Waals surface area contributed by atoms with Crippen molar-refractivity contribution in [1.29, 1.82) is 0 Å². The molecule has 1 aromatic rings. The van der Waals surface area contributed by atoms with Gasteiger partial charge in [-0.25, -0.2) is 9.78 Å². The summed E-state index contributed by atoms with van der Waals surface area (Å²) in [6, 6.07) is 0. The largest absolute Gasteiger partial charge is 0.464 e. The Morgan fingerprint density at radius 2 is 2.05 bits per heavy atom. The summed E-state index contributed by atoms with van der Waals surface area (Å²) >= 11 is 1.27. The number of ether oxygens (including phenoxy) is 1. The zero-order valence-corrected chi connectivity index (χ0v) is 13.0. The zero-order chi connectivity index (χ0) is 14.7. The van der Waals surface area contributed by atoms with Crippen LogP contribution in [0.4, 0.5) is 5.13 Å². The van der Waals surface area contributed by atoms with Crippen molar-refractivity contribution in [1.82, 2.24) is 4.98 Å². The molecule has 0 unspecified atom stereocenters. The molecule has 1 aromatic heterocycles. The van der Waals surface area contributed by atoms with E-state index in [0.29, 0.717) is 15.9 Å². The molecule has 6 heteroatoms. The summed E-state index contributed by atoms with van der Waals surface area (Å²) in [5.74, 6) is -0.0124. The molecule has 0 aromatic carbocycles. The number of carbonyl (C=O) groups excluding carboxylic acids is 2. The number of carbonyl (C=O) groups is 2. The molecular formula is C14H20N2O3S. The predicted octanol–water partition coefficient (Wildman–Crippen LogP) is 2.76. The van der Waals surface area contributed by atoms with Gasteiger partial charge in [0.25, 0.3) is 0 Å². The maximum Gasteiger partial charge on any atom is 0.358 e. The van der Waals surface area contributed by atoms with Crippen molar-refractivity contribution in [2.24, 2.45) is 5.92 Å². The van der Waals surface area contributed by atoms with E-state index < -0.39 is 5.97 Å². The summed E-state index contributed by atoms with van der Waals surface area (Å²) in [5, 5.41) is 0.711. The van der Waals surface area contributed by atoms with Crippen LogP contribution in [-0.4, -0.2) is 37.4 Å². The lowest BCUT2D eigenvalue weighted by Crippen LogP contribution is -2.23. The Balaban J connectivity index is 2.18. The Labute approximate surface area is 122 Å². The second-order valence-corrected chi connectivity index (χ2v) is 6.23. The van der Waals surface area contributed by atoms with Crippen LogP contribution in [0.2, 0.25) is 0 Å². The highest BCUT2D eigenvalue weighted by Gasteiger charge is 2.24. The lowest BCUT2D eigenvalue weighted by atomic mass is 10.1. The van der Waals surface area contributed by atoms with Crippen LogP contribution in [0.1, 0.15) is 52.8 Å². The Hall–Kier alpha value is -1.43. The molecule has 1 fully saturated rings. The van der Waals surface area contributed by atoms with Crippen molar-refractivity contribution in [2.75, 3.05) is 25.6 Å². The maximum absolute atomic E-state index is 11.7. The lowest BCUT2D eigenvalue weighted by Gasteiger charge is -2.19. The fourth-order valence-electron chi connectivity index (χ4n) is 2.60. The van der Waals surface area contributed by atoms with Gasteiger partial charge in [-0.15, -0.1) is 0 Å². The molecule has 1 saturated carbocycles. The number of rotatable bonds is 5. The van der Waals surface area contributed by atoms with Crippen molar-refractivity contribution >= 4 is 28.2 Å². The molecule has 0 amide bonds. The first kappa shape index (κ1) is 15.0. The summed E-state index contributed by atoms with van der Waals surface area (Å²) in [4.78, 5) is 30.0. The highest BCUT2D eigenvalue weighted by atomic mass is 32.1. The van der Waals surface area contributed by atoms with Crippen LogP contribution in [-0.2, 0) is 4.74 Å². The van der Waals surface area contributed by atoms with Gasteiger partial charge in [0.2, 0.25) is 0 Å². The van der Waals surface area contributed by atoms with Crippen molar-refractivity contribution < 1.29 is 14.3 Å². The molecule has 1 aliphatic carbocycles. The number of aromatic nitrogens is 1. The zero-order valence-electron chi connectivity index (χ0n) is 12.1. The number of methoxy groups -OCH3 is 1. The van der Waals surface area contributed by atoms with Crippen molar-refractivity contribution in [3.63, 3.8) is 0 Å². The number of Topliss-reactive ketones (excluding diaryl/α,β-unsaturated/α-hetero) is 1. The third-order valence-corrected chi connectivity index (χ3v) is 4.92. The summed E-state index contributed by atoms with van der Waals surface area (Å²) in [6.07, 6.45) is 5.09. The Morgan fingerprint density at radius 1 is 1.40 bits per heavy atom. The van der Waals surface area contributed by atoms with E-state index in [9.17, 15) is 9.59 Å². The van der Waals surface area contributed by atoms with E-state index in [1.807, 2.05) is 11.9 Å². The second kappa shape index (κ2) is 6.35. The lowest BCUT2D eigenvalue weighted by molar-refractivity contribution is 0.0591. The Bertz CT molecular complexity index is 507. The van der Waals surface area contributed by atoms with Crippen LogP contribution in [0.5, 0.6) is 0 Å². The van der Waals surface area contributed by atoms with Crippen molar-refractivity contribution in [2.45, 2.75) is 32.6 Å². The van der Waals surface area contributed by atoms with E-state index in [4.69, 9.17) is 0 Å². The van der Waals surface area contributed by atoms with Crippen LogP contribution < -0.4 is 4.90 Å². The van der Waals surface area contributed by atoms with Gasteiger partial charge in [-0.3, -0.25) is 4.79 Å². The monoisotopic (exact) mass is 296 g/mol. The smallest absolute Gasteiger partial charge is 0.358 e. The third kappa shape index (κ3) is 3.17. The van der Waals surface area contributed by atoms with Crippen LogP contribution >= 0.6 is 11.3 Å². The molecular weight excluding hydrogens is 276 g/mol. The number of ketones is 1. The topological polar surface area (TPSA) is 59.5 Å². The van der Waals surface area contributed by atoms with E-state index in [0.717, 1.165) is 6.54 Å². The minimum Gasteiger partial charge on any atom is -0.464 e. The summed E-state index contributed by atoms with van der Waals surface area (Å²) in [5.41, 5.74) is 0.137. The molecule has 1 aliphatic rings. The van der Waals surface area contributed by atoms with Gasteiger partial charge in [-0.1, -0.05) is 24.2 Å². The molecule has 110 valence electrons. The molecule has 0 saturated heterocycles. The van der Waals surface area contributed by atoms with E-state index in [1.165, 1.54) is 51.1 Å². The molecule has 0 atom stereocenters. The first-order valence-corrected chi connectivity index (χ1v) is 7.65. The van der Waals surface area contributed by atoms with Crippen LogP contribution in [0.3, 0.4) is 0 Å². The molecule has 0 radical (unpaired) electrons. The number of hydrogen-bond acceptors (Lipinski definition) is 6. The quantitative estimate of drug-likeness (QED) is 0.617. The molecule has 0 spiro atoms. The molecule has 0 bridgehead atoms. The van der Waals surface area contributed by atoms with Crippen LogP contribution in [0.25, 0.3) is 0 Å². The summed E-state index contributed by atoms with van der Waals surface area (Å²) in [7, 11) is 3.26. The summed E-state index contributed by atoms with van der Waals surface area (Å²) in [6.45, 7) is 2.37. The van der Waals surface area contributed by atoms with E-state index in [2.05, 4.69) is 9.72 Å². The normalized spacial score (nSPS) is 15.3. The van der Waals surface area contributed by atoms with Crippen molar-refractivity contribution in [3.05, 3.63) is 10.6 Å². The number of thiazole rings is 1. The minimum atomic E-state index is -0.549. The van der Waals surface area contributed by atoms with Gasteiger partial charge in [0.1, 0.15) is 4.88 Å². The Morgan fingerprint density at radius 3 is 2.60 bits per heavy atom. The standard InChI is InChI=1S/C14H20N2O3S/c1-9(17)12-11(13(18)19-3)15-14(20-12)16(2)8-10-6-4-5-7-10/h10H,4-8H2,1-3H3. The third-order valence-electron chi connectivity index (χ3n) is 3.65. The highest BCUT2D eigenvalue weighted by molar-refractivity contribution is 7.17. The fourth-order valence-corrected chi connectivity index (χ4v) is 3.52. The average Bonchev–Trinajstić information content (AvgIpc) is 3.06. The van der Waals surface area contributed by atoms with E-state index in [-0.39, 0.29) is 11.5 Å². The number of anilines is 1. The molecule has 0 N–H and O–H groups in total. The number of hydrogen-bond donors (Lipinski definition) is 0. The van der Waals surface area contributed by atoms with E-state index >= 15 is 0 Å². The molecule has 20 heavy (non-hydrogen) atoms. The van der Waals surface area contributed by atoms with Gasteiger partial charge in [0, 0.05) is 20.5 Å². The first-order chi connectivity index (χ1) is 9.52.